The van der Waals surface area contributed by atoms with E-state index in [0.29, 0.717) is 30.0 Å². The molecule has 168 valence electrons. The van der Waals surface area contributed by atoms with Gasteiger partial charge in [-0.1, -0.05) is 55.8 Å². The number of carbonyl (C=O) groups is 2. The number of rotatable bonds is 11. The van der Waals surface area contributed by atoms with Crippen LogP contribution in [-0.4, -0.2) is 25.1 Å². The van der Waals surface area contributed by atoms with Crippen LogP contribution in [0.3, 0.4) is 0 Å². The maximum atomic E-state index is 12.5. The second-order valence-electron chi connectivity index (χ2n) is 7.33. The molecule has 0 saturated carbocycles. The highest BCUT2D eigenvalue weighted by atomic mass is 32.1. The number of aryl methyl sites for hydroxylation is 1. The van der Waals surface area contributed by atoms with E-state index in [2.05, 4.69) is 24.4 Å². The van der Waals surface area contributed by atoms with Crippen LogP contribution < -0.4 is 10.1 Å². The van der Waals surface area contributed by atoms with E-state index in [1.165, 1.54) is 16.9 Å². The van der Waals surface area contributed by atoms with Crippen LogP contribution in [-0.2, 0) is 16.0 Å². The molecule has 0 aliphatic rings. The van der Waals surface area contributed by atoms with E-state index in [1.807, 2.05) is 42.5 Å². The van der Waals surface area contributed by atoms with Gasteiger partial charge in [0.1, 0.15) is 10.8 Å². The van der Waals surface area contributed by atoms with Gasteiger partial charge in [-0.25, -0.2) is 4.79 Å². The number of hydrogen-bond donors (Lipinski definition) is 1. The predicted molar refractivity (Wildman–Crippen MR) is 130 cm³/mol. The van der Waals surface area contributed by atoms with Gasteiger partial charge in [0.15, 0.2) is 0 Å². The molecule has 1 heterocycles. The van der Waals surface area contributed by atoms with Gasteiger partial charge < -0.3 is 14.8 Å². The molecule has 2 aromatic carbocycles. The van der Waals surface area contributed by atoms with Crippen molar-refractivity contribution in [1.29, 1.82) is 0 Å². The Hall–Kier alpha value is -3.12. The van der Waals surface area contributed by atoms with Crippen molar-refractivity contribution in [3.8, 4) is 16.2 Å². The van der Waals surface area contributed by atoms with Gasteiger partial charge in [0, 0.05) is 11.3 Å². The highest BCUT2D eigenvalue weighted by Gasteiger charge is 2.19. The minimum atomic E-state index is -0.434. The van der Waals surface area contributed by atoms with E-state index in [9.17, 15) is 9.59 Å². The first kappa shape index (κ1) is 23.5. The number of ether oxygens (including phenoxy) is 2. The first-order valence-corrected chi connectivity index (χ1v) is 11.8. The molecule has 32 heavy (non-hydrogen) atoms. The molecule has 0 bridgehead atoms. The van der Waals surface area contributed by atoms with Gasteiger partial charge in [0.25, 0.3) is 0 Å². The molecule has 1 N–H and O–H groups in total. The van der Waals surface area contributed by atoms with E-state index in [1.54, 1.807) is 13.0 Å². The van der Waals surface area contributed by atoms with E-state index in [0.717, 1.165) is 29.0 Å². The van der Waals surface area contributed by atoms with Crippen molar-refractivity contribution in [2.75, 3.05) is 18.5 Å². The smallest absolute Gasteiger partial charge is 0.341 e. The number of benzene rings is 2. The minimum Gasteiger partial charge on any atom is -0.494 e. The Morgan fingerprint density at radius 1 is 1.00 bits per heavy atom. The minimum absolute atomic E-state index is 0.154. The van der Waals surface area contributed by atoms with Gasteiger partial charge in [-0.15, -0.1) is 11.3 Å². The molecule has 1 aromatic heterocycles. The lowest BCUT2D eigenvalue weighted by atomic mass is 10.1. The van der Waals surface area contributed by atoms with Crippen molar-refractivity contribution in [2.45, 2.75) is 39.5 Å². The van der Waals surface area contributed by atoms with Crippen LogP contribution in [0.4, 0.5) is 5.00 Å². The SMILES string of the molecule is CCCc1ccc(OCCCC(=O)Nc2sc(-c3ccccc3)cc2C(=O)OCC)cc1. The Labute approximate surface area is 193 Å². The summed E-state index contributed by atoms with van der Waals surface area (Å²) in [5.74, 6) is 0.218. The molecule has 0 aliphatic carbocycles. The summed E-state index contributed by atoms with van der Waals surface area (Å²) in [6.45, 7) is 4.65. The van der Waals surface area contributed by atoms with E-state index in [4.69, 9.17) is 9.47 Å². The summed E-state index contributed by atoms with van der Waals surface area (Å²) >= 11 is 1.37. The maximum Gasteiger partial charge on any atom is 0.341 e. The average molecular weight is 452 g/mol. The van der Waals surface area contributed by atoms with Crippen LogP contribution in [0.2, 0.25) is 0 Å². The molecule has 0 spiro atoms. The molecule has 6 heteroatoms. The van der Waals surface area contributed by atoms with Gasteiger partial charge >= 0.3 is 5.97 Å². The summed E-state index contributed by atoms with van der Waals surface area (Å²) in [5.41, 5.74) is 2.66. The monoisotopic (exact) mass is 451 g/mol. The fourth-order valence-electron chi connectivity index (χ4n) is 3.24. The molecule has 5 nitrogen and oxygen atoms in total. The Bertz CT molecular complexity index is 1010. The molecule has 3 rings (SSSR count). The third kappa shape index (κ3) is 6.69. The van der Waals surface area contributed by atoms with E-state index in [-0.39, 0.29) is 12.5 Å². The highest BCUT2D eigenvalue weighted by Crippen LogP contribution is 2.36. The van der Waals surface area contributed by atoms with Crippen LogP contribution in [0.5, 0.6) is 5.75 Å². The predicted octanol–water partition coefficient (Wildman–Crippen LogP) is 6.34. The standard InChI is InChI=1S/C26H29NO4S/c1-3-9-19-13-15-21(16-14-19)31-17-8-12-24(28)27-25-22(26(29)30-4-2)18-23(32-25)20-10-6-5-7-11-20/h5-7,10-11,13-16,18H,3-4,8-9,12,17H2,1-2H3,(H,27,28). The normalized spacial score (nSPS) is 10.6. The van der Waals surface area contributed by atoms with Crippen LogP contribution in [0.1, 0.15) is 49.0 Å². The lowest BCUT2D eigenvalue weighted by molar-refractivity contribution is -0.116. The van der Waals surface area contributed by atoms with Crippen molar-refractivity contribution in [1.82, 2.24) is 0 Å². The Morgan fingerprint density at radius 2 is 1.75 bits per heavy atom. The largest absolute Gasteiger partial charge is 0.494 e. The molecule has 3 aromatic rings. The molecule has 0 atom stereocenters. The zero-order valence-electron chi connectivity index (χ0n) is 18.6. The van der Waals surface area contributed by atoms with Crippen LogP contribution in [0, 0.1) is 0 Å². The number of esters is 1. The van der Waals surface area contributed by atoms with Crippen molar-refractivity contribution >= 4 is 28.2 Å². The Morgan fingerprint density at radius 3 is 2.44 bits per heavy atom. The Kier molecular flexibility index (Phi) is 8.87. The number of nitrogens with one attached hydrogen (secondary N) is 1. The summed E-state index contributed by atoms with van der Waals surface area (Å²) in [6.07, 6.45) is 3.05. The quantitative estimate of drug-likeness (QED) is 0.273. The summed E-state index contributed by atoms with van der Waals surface area (Å²) in [7, 11) is 0. The first-order valence-electron chi connectivity index (χ1n) is 11.0. The van der Waals surface area contributed by atoms with E-state index >= 15 is 0 Å². The third-order valence-corrected chi connectivity index (χ3v) is 5.92. The molecule has 0 fully saturated rings. The summed E-state index contributed by atoms with van der Waals surface area (Å²) in [5, 5.41) is 3.40. The number of hydrogen-bond acceptors (Lipinski definition) is 5. The maximum absolute atomic E-state index is 12.5. The summed E-state index contributed by atoms with van der Waals surface area (Å²) < 4.78 is 10.9. The van der Waals surface area contributed by atoms with Crippen LogP contribution >= 0.6 is 11.3 Å². The van der Waals surface area contributed by atoms with Crippen molar-refractivity contribution in [2.24, 2.45) is 0 Å². The number of thiophene rings is 1. The van der Waals surface area contributed by atoms with Crippen molar-refractivity contribution < 1.29 is 19.1 Å². The number of amides is 1. The van der Waals surface area contributed by atoms with Gasteiger partial charge in [-0.05, 0) is 49.1 Å². The fourth-order valence-corrected chi connectivity index (χ4v) is 4.31. The lowest BCUT2D eigenvalue weighted by Crippen LogP contribution is -2.14. The number of anilines is 1. The topological polar surface area (TPSA) is 64.6 Å². The third-order valence-electron chi connectivity index (χ3n) is 4.82. The van der Waals surface area contributed by atoms with Gasteiger partial charge in [-0.3, -0.25) is 4.79 Å². The molecule has 0 aliphatic heterocycles. The molecule has 0 unspecified atom stereocenters. The zero-order chi connectivity index (χ0) is 22.8. The van der Waals surface area contributed by atoms with Crippen molar-refractivity contribution in [3.05, 3.63) is 71.8 Å². The van der Waals surface area contributed by atoms with Gasteiger partial charge in [-0.2, -0.15) is 0 Å². The van der Waals surface area contributed by atoms with Crippen molar-refractivity contribution in [3.63, 3.8) is 0 Å². The van der Waals surface area contributed by atoms with Gasteiger partial charge in [0.05, 0.1) is 18.8 Å². The second kappa shape index (κ2) is 12.1. The van der Waals surface area contributed by atoms with E-state index < -0.39 is 5.97 Å². The summed E-state index contributed by atoms with van der Waals surface area (Å²) in [4.78, 5) is 25.8. The van der Waals surface area contributed by atoms with Gasteiger partial charge in [0.2, 0.25) is 5.91 Å². The second-order valence-corrected chi connectivity index (χ2v) is 8.39. The highest BCUT2D eigenvalue weighted by molar-refractivity contribution is 7.20. The van der Waals surface area contributed by atoms with Crippen LogP contribution in [0.15, 0.2) is 60.7 Å². The van der Waals surface area contributed by atoms with Crippen LogP contribution in [0.25, 0.3) is 10.4 Å². The summed E-state index contributed by atoms with van der Waals surface area (Å²) in [6, 6.07) is 19.6. The molecule has 0 saturated heterocycles. The zero-order valence-corrected chi connectivity index (χ0v) is 19.4. The fraction of sp³-hybridized carbons (Fsp3) is 0.308. The molecule has 0 radical (unpaired) electrons. The lowest BCUT2D eigenvalue weighted by Gasteiger charge is -2.08. The Balaban J connectivity index is 1.56. The first-order chi connectivity index (χ1) is 15.6. The molecular formula is C26H29NO4S. The molecular weight excluding hydrogens is 422 g/mol. The number of carbonyl (C=O) groups excluding carboxylic acids is 2. The average Bonchev–Trinajstić information content (AvgIpc) is 3.22. The molecule has 1 amide bonds.